The molecule has 2 heterocycles. The van der Waals surface area contributed by atoms with Crippen molar-refractivity contribution in [2.75, 3.05) is 19.8 Å². The van der Waals surface area contributed by atoms with Crippen molar-refractivity contribution in [2.45, 2.75) is 6.92 Å². The highest BCUT2D eigenvalue weighted by Crippen LogP contribution is 2.12. The summed E-state index contributed by atoms with van der Waals surface area (Å²) in [6.07, 6.45) is 0. The number of H-pyrrole nitrogens is 1. The van der Waals surface area contributed by atoms with Crippen LogP contribution in [0.4, 0.5) is 4.79 Å². The zero-order valence-corrected chi connectivity index (χ0v) is 14.5. The number of aromatic nitrogens is 1. The Labute approximate surface area is 153 Å². The SMILES string of the molecule is CCOC(=O)C1=C(COC(=O)c2cc3ccccc3c(=O)[nH]2)NC(=O)NC1. The molecular formula is C18H17N3O6. The number of carbonyl (C=O) groups is 3. The molecule has 0 aliphatic carbocycles. The van der Waals surface area contributed by atoms with Gasteiger partial charge in [-0.1, -0.05) is 18.2 Å². The van der Waals surface area contributed by atoms with E-state index in [0.717, 1.165) is 0 Å². The molecule has 0 spiro atoms. The minimum Gasteiger partial charge on any atom is -0.463 e. The summed E-state index contributed by atoms with van der Waals surface area (Å²) < 4.78 is 10.1. The molecule has 1 aliphatic rings. The number of hydrogen-bond donors (Lipinski definition) is 3. The number of hydrogen-bond acceptors (Lipinski definition) is 6. The number of benzene rings is 1. The average Bonchev–Trinajstić information content (AvgIpc) is 2.66. The van der Waals surface area contributed by atoms with Crippen LogP contribution in [0.3, 0.4) is 0 Å². The maximum Gasteiger partial charge on any atom is 0.355 e. The number of ether oxygens (including phenoxy) is 2. The van der Waals surface area contributed by atoms with E-state index in [0.29, 0.717) is 10.8 Å². The quantitative estimate of drug-likeness (QED) is 0.668. The first kappa shape index (κ1) is 18.2. The van der Waals surface area contributed by atoms with Crippen molar-refractivity contribution in [1.29, 1.82) is 0 Å². The van der Waals surface area contributed by atoms with Crippen molar-refractivity contribution in [3.05, 3.63) is 57.6 Å². The average molecular weight is 371 g/mol. The fourth-order valence-corrected chi connectivity index (χ4v) is 2.61. The summed E-state index contributed by atoms with van der Waals surface area (Å²) in [7, 11) is 0. The largest absolute Gasteiger partial charge is 0.463 e. The van der Waals surface area contributed by atoms with Crippen LogP contribution in [0.2, 0.25) is 0 Å². The monoisotopic (exact) mass is 371 g/mol. The molecule has 2 aromatic rings. The maximum atomic E-state index is 12.3. The smallest absolute Gasteiger partial charge is 0.355 e. The Bertz CT molecular complexity index is 1010. The number of fused-ring (bicyclic) bond motifs is 1. The van der Waals surface area contributed by atoms with Crippen LogP contribution in [0.15, 0.2) is 46.4 Å². The predicted octanol–water partition coefficient (Wildman–Crippen LogP) is 0.815. The van der Waals surface area contributed by atoms with E-state index < -0.39 is 23.5 Å². The molecule has 3 rings (SSSR count). The molecule has 0 atom stereocenters. The Morgan fingerprint density at radius 2 is 1.89 bits per heavy atom. The summed E-state index contributed by atoms with van der Waals surface area (Å²) in [5.41, 5.74) is -0.149. The van der Waals surface area contributed by atoms with Gasteiger partial charge in [0.2, 0.25) is 0 Å². The van der Waals surface area contributed by atoms with Gasteiger partial charge in [0.25, 0.3) is 5.56 Å². The minimum absolute atomic E-state index is 0.0303. The van der Waals surface area contributed by atoms with Gasteiger partial charge in [-0.05, 0) is 24.4 Å². The topological polar surface area (TPSA) is 127 Å². The lowest BCUT2D eigenvalue weighted by atomic mass is 10.1. The van der Waals surface area contributed by atoms with Crippen molar-refractivity contribution in [2.24, 2.45) is 0 Å². The number of rotatable bonds is 5. The Morgan fingerprint density at radius 3 is 2.67 bits per heavy atom. The van der Waals surface area contributed by atoms with Gasteiger partial charge in [0.05, 0.1) is 24.4 Å². The first-order valence-electron chi connectivity index (χ1n) is 8.22. The molecule has 9 heteroatoms. The zero-order valence-electron chi connectivity index (χ0n) is 14.5. The van der Waals surface area contributed by atoms with Crippen molar-refractivity contribution in [1.82, 2.24) is 15.6 Å². The Balaban J connectivity index is 1.80. The molecule has 9 nitrogen and oxygen atoms in total. The second-order valence-corrected chi connectivity index (χ2v) is 5.66. The molecule has 3 N–H and O–H groups in total. The van der Waals surface area contributed by atoms with Crippen molar-refractivity contribution < 1.29 is 23.9 Å². The zero-order chi connectivity index (χ0) is 19.4. The van der Waals surface area contributed by atoms with E-state index in [1.54, 1.807) is 31.2 Å². The van der Waals surface area contributed by atoms with Gasteiger partial charge in [-0.3, -0.25) is 4.79 Å². The highest BCUT2D eigenvalue weighted by atomic mass is 16.5. The molecule has 2 amide bonds. The van der Waals surface area contributed by atoms with Gasteiger partial charge in [-0.25, -0.2) is 14.4 Å². The standard InChI is InChI=1S/C18H17N3O6/c1-2-26-16(23)12-8-19-18(25)21-14(12)9-27-17(24)13-7-10-5-3-4-6-11(10)15(22)20-13/h3-7H,2,8-9H2,1H3,(H,20,22)(H2,19,21,25). The number of pyridine rings is 1. The van der Waals surface area contributed by atoms with E-state index in [9.17, 15) is 19.2 Å². The fraction of sp³-hybridized carbons (Fsp3) is 0.222. The third-order valence-corrected chi connectivity index (χ3v) is 3.90. The van der Waals surface area contributed by atoms with Gasteiger partial charge >= 0.3 is 18.0 Å². The van der Waals surface area contributed by atoms with E-state index >= 15 is 0 Å². The third-order valence-electron chi connectivity index (χ3n) is 3.90. The first-order valence-corrected chi connectivity index (χ1v) is 8.22. The van der Waals surface area contributed by atoms with Crippen molar-refractivity contribution in [3.63, 3.8) is 0 Å². The van der Waals surface area contributed by atoms with Crippen LogP contribution in [-0.4, -0.2) is 42.7 Å². The van der Waals surface area contributed by atoms with Crippen molar-refractivity contribution in [3.8, 4) is 0 Å². The lowest BCUT2D eigenvalue weighted by Gasteiger charge is -2.21. The number of aromatic amines is 1. The van der Waals surface area contributed by atoms with Gasteiger partial charge in [-0.15, -0.1) is 0 Å². The summed E-state index contributed by atoms with van der Waals surface area (Å²) in [4.78, 5) is 50.3. The maximum absolute atomic E-state index is 12.3. The number of amides is 2. The summed E-state index contributed by atoms with van der Waals surface area (Å²) in [5, 5.41) is 5.93. The third kappa shape index (κ3) is 3.97. The molecule has 0 bridgehead atoms. The second-order valence-electron chi connectivity index (χ2n) is 5.66. The molecule has 0 saturated heterocycles. The van der Waals surface area contributed by atoms with Gasteiger partial charge in [-0.2, -0.15) is 0 Å². The van der Waals surface area contributed by atoms with E-state index in [4.69, 9.17) is 9.47 Å². The highest BCUT2D eigenvalue weighted by Gasteiger charge is 2.24. The molecule has 0 fully saturated rings. The summed E-state index contributed by atoms with van der Waals surface area (Å²) in [5.74, 6) is -1.41. The van der Waals surface area contributed by atoms with Gasteiger partial charge in [0.1, 0.15) is 12.3 Å². The van der Waals surface area contributed by atoms with Gasteiger partial charge in [0.15, 0.2) is 0 Å². The van der Waals surface area contributed by atoms with Crippen LogP contribution in [0.25, 0.3) is 10.8 Å². The molecule has 0 unspecified atom stereocenters. The number of carbonyl (C=O) groups excluding carboxylic acids is 3. The van der Waals surface area contributed by atoms with Crippen LogP contribution in [0.1, 0.15) is 17.4 Å². The Kier molecular flexibility index (Phi) is 5.20. The lowest BCUT2D eigenvalue weighted by Crippen LogP contribution is -2.45. The van der Waals surface area contributed by atoms with Crippen LogP contribution in [0, 0.1) is 0 Å². The molecule has 1 aromatic heterocycles. The normalized spacial score (nSPS) is 13.7. The van der Waals surface area contributed by atoms with Crippen LogP contribution in [0.5, 0.6) is 0 Å². The molecule has 0 saturated carbocycles. The van der Waals surface area contributed by atoms with E-state index in [2.05, 4.69) is 15.6 Å². The van der Waals surface area contributed by atoms with Crippen LogP contribution < -0.4 is 16.2 Å². The predicted molar refractivity (Wildman–Crippen MR) is 95.0 cm³/mol. The number of nitrogens with one attached hydrogen (secondary N) is 3. The molecule has 27 heavy (non-hydrogen) atoms. The fourth-order valence-electron chi connectivity index (χ4n) is 2.61. The number of urea groups is 1. The molecule has 0 radical (unpaired) electrons. The molecule has 140 valence electrons. The highest BCUT2D eigenvalue weighted by molar-refractivity contribution is 5.95. The first-order chi connectivity index (χ1) is 13.0. The van der Waals surface area contributed by atoms with E-state index in [1.807, 2.05) is 0 Å². The van der Waals surface area contributed by atoms with E-state index in [1.165, 1.54) is 6.07 Å². The van der Waals surface area contributed by atoms with E-state index in [-0.39, 0.29) is 36.7 Å². The summed E-state index contributed by atoms with van der Waals surface area (Å²) in [6.45, 7) is 1.43. The molecule has 1 aromatic carbocycles. The summed E-state index contributed by atoms with van der Waals surface area (Å²) >= 11 is 0. The van der Waals surface area contributed by atoms with Crippen LogP contribution in [-0.2, 0) is 14.3 Å². The molecular weight excluding hydrogens is 354 g/mol. The van der Waals surface area contributed by atoms with Gasteiger partial charge in [0, 0.05) is 5.39 Å². The Hall–Kier alpha value is -3.62. The Morgan fingerprint density at radius 1 is 1.11 bits per heavy atom. The van der Waals surface area contributed by atoms with Crippen LogP contribution >= 0.6 is 0 Å². The minimum atomic E-state index is -0.790. The van der Waals surface area contributed by atoms with Crippen molar-refractivity contribution >= 4 is 28.7 Å². The lowest BCUT2D eigenvalue weighted by molar-refractivity contribution is -0.138. The second kappa shape index (κ2) is 7.73. The number of esters is 2. The summed E-state index contributed by atoms with van der Waals surface area (Å²) in [6, 6.07) is 7.80. The molecule has 1 aliphatic heterocycles. The van der Waals surface area contributed by atoms with Gasteiger partial charge < -0.3 is 25.1 Å².